The summed E-state index contributed by atoms with van der Waals surface area (Å²) in [5.41, 5.74) is 2.05. The Morgan fingerprint density at radius 1 is 1.33 bits per heavy atom. The first-order valence-corrected chi connectivity index (χ1v) is 7.26. The Bertz CT molecular complexity index is 529. The zero-order valence-corrected chi connectivity index (χ0v) is 13.1. The summed E-state index contributed by atoms with van der Waals surface area (Å²) in [4.78, 5) is 14.1. The average Bonchev–Trinajstić information content (AvgIpc) is 2.43. The van der Waals surface area contributed by atoms with Crippen LogP contribution in [0.4, 0.5) is 0 Å². The third kappa shape index (κ3) is 4.08. The van der Waals surface area contributed by atoms with Gasteiger partial charge in [-0.3, -0.25) is 4.79 Å². The highest BCUT2D eigenvalue weighted by Gasteiger charge is 2.24. The number of aryl methyl sites for hydroxylation is 1. The monoisotopic (exact) mass is 289 g/mol. The summed E-state index contributed by atoms with van der Waals surface area (Å²) >= 11 is 0. The molecule has 1 heterocycles. The van der Waals surface area contributed by atoms with Crippen molar-refractivity contribution >= 4 is 12.0 Å². The Balaban J connectivity index is 2.10. The third-order valence-corrected chi connectivity index (χ3v) is 3.52. The molecular weight excluding hydrogens is 266 g/mol. The van der Waals surface area contributed by atoms with Gasteiger partial charge in [-0.2, -0.15) is 0 Å². The van der Waals surface area contributed by atoms with Crippen LogP contribution in [-0.2, 0) is 9.53 Å². The van der Waals surface area contributed by atoms with Crippen molar-refractivity contribution in [3.8, 4) is 5.75 Å². The molecule has 0 bridgehead atoms. The second-order valence-electron chi connectivity index (χ2n) is 5.58. The Hall–Kier alpha value is -1.81. The van der Waals surface area contributed by atoms with E-state index in [0.29, 0.717) is 13.1 Å². The number of ether oxygens (including phenoxy) is 2. The molecule has 1 aromatic rings. The fourth-order valence-corrected chi connectivity index (χ4v) is 2.61. The molecule has 2 rings (SSSR count). The lowest BCUT2D eigenvalue weighted by molar-refractivity contribution is -0.137. The van der Waals surface area contributed by atoms with E-state index in [1.54, 1.807) is 13.2 Å². The number of morpholine rings is 1. The van der Waals surface area contributed by atoms with Crippen molar-refractivity contribution < 1.29 is 14.3 Å². The molecule has 0 aromatic heterocycles. The molecule has 21 heavy (non-hydrogen) atoms. The summed E-state index contributed by atoms with van der Waals surface area (Å²) in [6, 6.07) is 5.91. The highest BCUT2D eigenvalue weighted by atomic mass is 16.5. The second kappa shape index (κ2) is 6.76. The van der Waals surface area contributed by atoms with Gasteiger partial charge >= 0.3 is 0 Å². The summed E-state index contributed by atoms with van der Waals surface area (Å²) in [7, 11) is 1.63. The largest absolute Gasteiger partial charge is 0.496 e. The number of carbonyl (C=O) groups excluding carboxylic acids is 1. The van der Waals surface area contributed by atoms with Crippen LogP contribution in [0.2, 0.25) is 0 Å². The zero-order chi connectivity index (χ0) is 15.4. The van der Waals surface area contributed by atoms with E-state index in [1.807, 2.05) is 49.9 Å². The average molecular weight is 289 g/mol. The van der Waals surface area contributed by atoms with Gasteiger partial charge in [0.1, 0.15) is 5.75 Å². The Labute approximate surface area is 126 Å². The maximum Gasteiger partial charge on any atom is 0.246 e. The molecule has 0 spiro atoms. The topological polar surface area (TPSA) is 38.8 Å². The van der Waals surface area contributed by atoms with E-state index in [-0.39, 0.29) is 18.1 Å². The van der Waals surface area contributed by atoms with Crippen molar-refractivity contribution in [3.63, 3.8) is 0 Å². The molecule has 4 nitrogen and oxygen atoms in total. The van der Waals surface area contributed by atoms with E-state index in [4.69, 9.17) is 9.47 Å². The van der Waals surface area contributed by atoms with Crippen LogP contribution in [-0.4, -0.2) is 43.2 Å². The maximum atomic E-state index is 12.3. The number of rotatable bonds is 3. The van der Waals surface area contributed by atoms with Crippen molar-refractivity contribution in [2.24, 2.45) is 0 Å². The SMILES string of the molecule is COc1ccc(C)cc1/C=C/C(=O)N1CC(C)OC(C)C1. The molecule has 1 saturated heterocycles. The van der Waals surface area contributed by atoms with Crippen molar-refractivity contribution in [2.75, 3.05) is 20.2 Å². The molecular formula is C17H23NO3. The molecule has 1 aliphatic rings. The minimum absolute atomic E-state index is 0.0144. The van der Waals surface area contributed by atoms with Gasteiger partial charge in [0.05, 0.1) is 19.3 Å². The van der Waals surface area contributed by atoms with E-state index in [0.717, 1.165) is 16.9 Å². The lowest BCUT2D eigenvalue weighted by Gasteiger charge is -2.34. The molecule has 1 aliphatic heterocycles. The Morgan fingerprint density at radius 3 is 2.62 bits per heavy atom. The molecule has 4 heteroatoms. The van der Waals surface area contributed by atoms with Crippen molar-refractivity contribution in [2.45, 2.75) is 33.0 Å². The lowest BCUT2D eigenvalue weighted by atomic mass is 10.1. The minimum Gasteiger partial charge on any atom is -0.496 e. The number of carbonyl (C=O) groups is 1. The van der Waals surface area contributed by atoms with Crippen LogP contribution >= 0.6 is 0 Å². The standard InChI is InChI=1S/C17H23NO3/c1-12-5-7-16(20-4)15(9-12)6-8-17(19)18-10-13(2)21-14(3)11-18/h5-9,13-14H,10-11H2,1-4H3/b8-6+. The van der Waals surface area contributed by atoms with E-state index in [2.05, 4.69) is 0 Å². The van der Waals surface area contributed by atoms with Crippen LogP contribution in [0.25, 0.3) is 6.08 Å². The van der Waals surface area contributed by atoms with E-state index >= 15 is 0 Å². The molecule has 1 amide bonds. The van der Waals surface area contributed by atoms with Crippen LogP contribution in [0.3, 0.4) is 0 Å². The van der Waals surface area contributed by atoms with Gasteiger partial charge < -0.3 is 14.4 Å². The maximum absolute atomic E-state index is 12.3. The van der Waals surface area contributed by atoms with Gasteiger partial charge in [0, 0.05) is 24.7 Å². The number of hydrogen-bond donors (Lipinski definition) is 0. The number of amides is 1. The zero-order valence-electron chi connectivity index (χ0n) is 13.1. The molecule has 114 valence electrons. The third-order valence-electron chi connectivity index (χ3n) is 3.52. The van der Waals surface area contributed by atoms with Crippen LogP contribution in [0.15, 0.2) is 24.3 Å². The first kappa shape index (κ1) is 15.6. The fourth-order valence-electron chi connectivity index (χ4n) is 2.61. The smallest absolute Gasteiger partial charge is 0.246 e. The van der Waals surface area contributed by atoms with Gasteiger partial charge in [-0.25, -0.2) is 0 Å². The summed E-state index contributed by atoms with van der Waals surface area (Å²) < 4.78 is 11.0. The molecule has 2 atom stereocenters. The highest BCUT2D eigenvalue weighted by molar-refractivity contribution is 5.92. The van der Waals surface area contributed by atoms with E-state index in [1.165, 1.54) is 0 Å². The predicted octanol–water partition coefficient (Wildman–Crippen LogP) is 2.65. The minimum atomic E-state index is 0.0144. The quantitative estimate of drug-likeness (QED) is 0.803. The number of benzene rings is 1. The van der Waals surface area contributed by atoms with Gasteiger partial charge in [-0.1, -0.05) is 11.6 Å². The van der Waals surface area contributed by atoms with Gasteiger partial charge in [-0.05, 0) is 39.0 Å². The number of hydrogen-bond acceptors (Lipinski definition) is 3. The number of nitrogens with zero attached hydrogens (tertiary/aromatic N) is 1. The first-order chi connectivity index (χ1) is 9.99. The van der Waals surface area contributed by atoms with Crippen LogP contribution < -0.4 is 4.74 Å². The van der Waals surface area contributed by atoms with Gasteiger partial charge in [0.25, 0.3) is 0 Å². The molecule has 0 radical (unpaired) electrons. The second-order valence-corrected chi connectivity index (χ2v) is 5.58. The van der Waals surface area contributed by atoms with E-state index < -0.39 is 0 Å². The normalized spacial score (nSPS) is 22.6. The molecule has 1 aromatic carbocycles. The van der Waals surface area contributed by atoms with Gasteiger partial charge in [0.15, 0.2) is 0 Å². The Kier molecular flexibility index (Phi) is 5.02. The predicted molar refractivity (Wildman–Crippen MR) is 83.4 cm³/mol. The summed E-state index contributed by atoms with van der Waals surface area (Å²) in [5.74, 6) is 0.786. The molecule has 0 saturated carbocycles. The Morgan fingerprint density at radius 2 is 2.00 bits per heavy atom. The highest BCUT2D eigenvalue weighted by Crippen LogP contribution is 2.21. The van der Waals surface area contributed by atoms with Crippen molar-refractivity contribution in [1.82, 2.24) is 4.90 Å². The number of methoxy groups -OCH3 is 1. The molecule has 1 fully saturated rings. The molecule has 0 N–H and O–H groups in total. The summed E-state index contributed by atoms with van der Waals surface area (Å²) in [5, 5.41) is 0. The van der Waals surface area contributed by atoms with Crippen LogP contribution in [0.5, 0.6) is 5.75 Å². The lowest BCUT2D eigenvalue weighted by Crippen LogP contribution is -2.47. The van der Waals surface area contributed by atoms with Crippen molar-refractivity contribution in [1.29, 1.82) is 0 Å². The van der Waals surface area contributed by atoms with Gasteiger partial charge in [-0.15, -0.1) is 0 Å². The van der Waals surface area contributed by atoms with Crippen LogP contribution in [0, 0.1) is 6.92 Å². The summed E-state index contributed by atoms with van der Waals surface area (Å²) in [6.07, 6.45) is 3.60. The van der Waals surface area contributed by atoms with Crippen molar-refractivity contribution in [3.05, 3.63) is 35.4 Å². The fraction of sp³-hybridized carbons (Fsp3) is 0.471. The van der Waals surface area contributed by atoms with Crippen LogP contribution in [0.1, 0.15) is 25.0 Å². The van der Waals surface area contributed by atoms with Gasteiger partial charge in [0.2, 0.25) is 5.91 Å². The first-order valence-electron chi connectivity index (χ1n) is 7.26. The van der Waals surface area contributed by atoms with E-state index in [9.17, 15) is 4.79 Å². The molecule has 0 aliphatic carbocycles. The molecule has 2 unspecified atom stereocenters. The summed E-state index contributed by atoms with van der Waals surface area (Å²) in [6.45, 7) is 7.27.